The third-order valence-electron chi connectivity index (χ3n) is 6.30. The van der Waals surface area contributed by atoms with E-state index in [2.05, 4.69) is 62.5 Å². The number of aryl methyl sites for hydroxylation is 2. The highest BCUT2D eigenvalue weighted by Crippen LogP contribution is 2.46. The molecule has 1 atom stereocenters. The Balaban J connectivity index is 1.95. The molecule has 0 fully saturated rings. The maximum absolute atomic E-state index is 12.2. The average molecular weight is 453 g/mol. The summed E-state index contributed by atoms with van der Waals surface area (Å²) in [5.74, 6) is 0.583. The predicted molar refractivity (Wildman–Crippen MR) is 125 cm³/mol. The molecule has 4 rings (SSSR count). The number of hydrogen-bond acceptors (Lipinski definition) is 7. The third-order valence-corrected chi connectivity index (χ3v) is 6.30. The van der Waals surface area contributed by atoms with Crippen molar-refractivity contribution in [3.8, 4) is 0 Å². The molecule has 0 radical (unpaired) electrons. The van der Waals surface area contributed by atoms with Crippen LogP contribution >= 0.6 is 0 Å². The van der Waals surface area contributed by atoms with E-state index in [1.54, 1.807) is 14.2 Å². The van der Waals surface area contributed by atoms with Gasteiger partial charge in [0.2, 0.25) is 0 Å². The Labute approximate surface area is 193 Å². The van der Waals surface area contributed by atoms with Gasteiger partial charge in [-0.1, -0.05) is 36.4 Å². The van der Waals surface area contributed by atoms with E-state index in [0.717, 1.165) is 35.1 Å². The Morgan fingerprint density at radius 3 is 2.00 bits per heavy atom. The van der Waals surface area contributed by atoms with Gasteiger partial charge in [-0.15, -0.1) is 0 Å². The second kappa shape index (κ2) is 9.98. The van der Waals surface area contributed by atoms with Gasteiger partial charge < -0.3 is 15.4 Å². The molecule has 9 heteroatoms. The fourth-order valence-electron chi connectivity index (χ4n) is 5.01. The summed E-state index contributed by atoms with van der Waals surface area (Å²) in [5.41, 5.74) is 18.1. The Hall–Kier alpha value is -2.82. The molecule has 176 valence electrons. The highest BCUT2D eigenvalue weighted by atomic mass is 16.6. The van der Waals surface area contributed by atoms with Crippen LogP contribution in [0.4, 0.5) is 0 Å². The van der Waals surface area contributed by atoms with Crippen LogP contribution in [0, 0.1) is 0 Å². The molecule has 1 aromatic heterocycles. The zero-order valence-corrected chi connectivity index (χ0v) is 19.3. The normalized spacial score (nSPS) is 15.5. The standard InChI is InChI=1S/C24H32N6O3/c1-15(25)12-24(22-28-23(31)30-29-22)20-8-4-16(13-26-32-2)10-18(20)6-7-19-11-17(14-27-33-3)5-9-21(19)24/h4-5,8-11,15,26-27H,6-7,12-14,25H2,1-3H3,(H2,28,29,30,31)/t15-/m0/s1. The van der Waals surface area contributed by atoms with Gasteiger partial charge in [0.1, 0.15) is 5.82 Å². The van der Waals surface area contributed by atoms with E-state index < -0.39 is 5.41 Å². The lowest BCUT2D eigenvalue weighted by atomic mass is 9.68. The zero-order chi connectivity index (χ0) is 23.4. The number of nitrogens with one attached hydrogen (secondary N) is 4. The fourth-order valence-corrected chi connectivity index (χ4v) is 5.01. The molecular weight excluding hydrogens is 420 g/mol. The van der Waals surface area contributed by atoms with Crippen molar-refractivity contribution >= 4 is 0 Å². The zero-order valence-electron chi connectivity index (χ0n) is 19.3. The van der Waals surface area contributed by atoms with Gasteiger partial charge in [-0.3, -0.25) is 4.98 Å². The Morgan fingerprint density at radius 1 is 1.03 bits per heavy atom. The molecule has 0 saturated heterocycles. The Kier molecular flexibility index (Phi) is 7.06. The molecule has 0 amide bonds. The molecule has 6 N–H and O–H groups in total. The first-order valence-electron chi connectivity index (χ1n) is 11.1. The lowest BCUT2D eigenvalue weighted by molar-refractivity contribution is 0.0866. The number of fused-ring (bicyclic) bond motifs is 2. The van der Waals surface area contributed by atoms with E-state index in [9.17, 15) is 4.79 Å². The van der Waals surface area contributed by atoms with Gasteiger partial charge in [-0.25, -0.2) is 9.89 Å². The van der Waals surface area contributed by atoms with Gasteiger partial charge in [0.25, 0.3) is 0 Å². The van der Waals surface area contributed by atoms with Crippen molar-refractivity contribution in [2.24, 2.45) is 5.73 Å². The number of aromatic amines is 2. The first-order valence-corrected chi connectivity index (χ1v) is 11.1. The number of H-pyrrole nitrogens is 2. The van der Waals surface area contributed by atoms with Crippen molar-refractivity contribution in [3.05, 3.63) is 86.1 Å². The molecule has 0 saturated carbocycles. The van der Waals surface area contributed by atoms with Crippen molar-refractivity contribution in [3.63, 3.8) is 0 Å². The van der Waals surface area contributed by atoms with Gasteiger partial charge >= 0.3 is 5.69 Å². The summed E-state index contributed by atoms with van der Waals surface area (Å²) in [4.78, 5) is 25.2. The van der Waals surface area contributed by atoms with Crippen molar-refractivity contribution in [1.29, 1.82) is 0 Å². The molecule has 33 heavy (non-hydrogen) atoms. The number of hydrogen-bond donors (Lipinski definition) is 5. The molecule has 1 aliphatic carbocycles. The second-order valence-corrected chi connectivity index (χ2v) is 8.65. The minimum absolute atomic E-state index is 0.131. The third kappa shape index (κ3) is 4.64. The van der Waals surface area contributed by atoms with E-state index in [4.69, 9.17) is 15.4 Å². The highest BCUT2D eigenvalue weighted by Gasteiger charge is 2.44. The monoisotopic (exact) mass is 452 g/mol. The van der Waals surface area contributed by atoms with E-state index in [1.807, 2.05) is 6.92 Å². The molecular formula is C24H32N6O3. The van der Waals surface area contributed by atoms with Crippen LogP contribution < -0.4 is 22.4 Å². The van der Waals surface area contributed by atoms with Crippen LogP contribution in [0.5, 0.6) is 0 Å². The molecule has 1 heterocycles. The number of hydroxylamine groups is 2. The van der Waals surface area contributed by atoms with Gasteiger partial charge in [-0.05, 0) is 59.6 Å². The van der Waals surface area contributed by atoms with E-state index >= 15 is 0 Å². The van der Waals surface area contributed by atoms with Crippen LogP contribution in [0.3, 0.4) is 0 Å². The number of aromatic nitrogens is 3. The number of rotatable bonds is 9. The molecule has 9 nitrogen and oxygen atoms in total. The Morgan fingerprint density at radius 2 is 1.58 bits per heavy atom. The maximum Gasteiger partial charge on any atom is 0.340 e. The van der Waals surface area contributed by atoms with Crippen LogP contribution in [0.2, 0.25) is 0 Å². The van der Waals surface area contributed by atoms with Crippen molar-refractivity contribution in [2.75, 3.05) is 14.2 Å². The first-order chi connectivity index (χ1) is 16.0. The summed E-state index contributed by atoms with van der Waals surface area (Å²) >= 11 is 0. The van der Waals surface area contributed by atoms with E-state index in [0.29, 0.717) is 25.3 Å². The van der Waals surface area contributed by atoms with Crippen LogP contribution in [0.25, 0.3) is 0 Å². The summed E-state index contributed by atoms with van der Waals surface area (Å²) < 4.78 is 0. The van der Waals surface area contributed by atoms with Gasteiger partial charge in [0.05, 0.1) is 19.6 Å². The quantitative estimate of drug-likeness (QED) is 0.312. The lowest BCUT2D eigenvalue weighted by Gasteiger charge is -2.36. The smallest absolute Gasteiger partial charge is 0.328 e. The predicted octanol–water partition coefficient (Wildman–Crippen LogP) is 1.57. The van der Waals surface area contributed by atoms with E-state index in [1.165, 1.54) is 11.1 Å². The lowest BCUT2D eigenvalue weighted by Crippen LogP contribution is -2.38. The minimum atomic E-state index is -0.686. The molecule has 0 spiro atoms. The van der Waals surface area contributed by atoms with Crippen LogP contribution in [0.1, 0.15) is 52.5 Å². The minimum Gasteiger partial charge on any atom is -0.328 e. The van der Waals surface area contributed by atoms with Gasteiger partial charge in [0.15, 0.2) is 0 Å². The van der Waals surface area contributed by atoms with Crippen molar-refractivity contribution in [1.82, 2.24) is 26.1 Å². The van der Waals surface area contributed by atoms with Crippen molar-refractivity contribution < 1.29 is 9.68 Å². The van der Waals surface area contributed by atoms with Crippen LogP contribution in [-0.4, -0.2) is 35.4 Å². The fraction of sp³-hybridized carbons (Fsp3) is 0.417. The molecule has 2 aromatic carbocycles. The van der Waals surface area contributed by atoms with E-state index in [-0.39, 0.29) is 11.7 Å². The molecule has 0 unspecified atom stereocenters. The average Bonchev–Trinajstić information content (AvgIpc) is 3.20. The van der Waals surface area contributed by atoms with Crippen molar-refractivity contribution in [2.45, 2.75) is 50.7 Å². The highest BCUT2D eigenvalue weighted by molar-refractivity contribution is 5.56. The summed E-state index contributed by atoms with van der Waals surface area (Å²) in [5, 5.41) is 7.00. The van der Waals surface area contributed by atoms with Crippen LogP contribution in [-0.2, 0) is 41.0 Å². The summed E-state index contributed by atoms with van der Waals surface area (Å²) in [6, 6.07) is 12.8. The number of nitrogens with zero attached hydrogens (tertiary/aromatic N) is 1. The second-order valence-electron chi connectivity index (χ2n) is 8.65. The molecule has 3 aromatic rings. The van der Waals surface area contributed by atoms with Crippen LogP contribution in [0.15, 0.2) is 41.2 Å². The first kappa shape index (κ1) is 23.3. The van der Waals surface area contributed by atoms with Gasteiger partial charge in [-0.2, -0.15) is 16.1 Å². The largest absolute Gasteiger partial charge is 0.340 e. The number of benzene rings is 2. The molecule has 1 aliphatic rings. The number of nitrogens with two attached hydrogens (primary N) is 1. The maximum atomic E-state index is 12.2. The topological polar surface area (TPSA) is 130 Å². The molecule has 0 aliphatic heterocycles. The SMILES string of the molecule is CONCc1ccc2c(c1)CCc1cc(CNOC)ccc1C2(C[C@H](C)N)c1n[nH]c(=O)[nH]1. The summed E-state index contributed by atoms with van der Waals surface area (Å²) in [6.45, 7) is 3.19. The molecule has 0 bridgehead atoms. The van der Waals surface area contributed by atoms with Gasteiger partial charge in [0, 0.05) is 19.1 Å². The summed E-state index contributed by atoms with van der Waals surface area (Å²) in [7, 11) is 3.22. The summed E-state index contributed by atoms with van der Waals surface area (Å²) in [6.07, 6.45) is 2.32. The Bertz CT molecular complexity index is 1090.